The van der Waals surface area contributed by atoms with E-state index in [1.165, 1.54) is 43.8 Å². The van der Waals surface area contributed by atoms with Crippen LogP contribution in [0.1, 0.15) is 4.88 Å². The number of carbonyl (C=O) groups is 2. The summed E-state index contributed by atoms with van der Waals surface area (Å²) in [6.45, 7) is 0. The molecule has 3 aromatic rings. The normalized spacial score (nSPS) is 13.8. The van der Waals surface area contributed by atoms with Gasteiger partial charge in [0.1, 0.15) is 23.0 Å². The van der Waals surface area contributed by atoms with E-state index >= 15 is 0 Å². The van der Waals surface area contributed by atoms with Crippen molar-refractivity contribution in [3.8, 4) is 11.5 Å². The minimum Gasteiger partial charge on any atom is -0.497 e. The summed E-state index contributed by atoms with van der Waals surface area (Å²) >= 11 is 1.32. The van der Waals surface area contributed by atoms with Crippen LogP contribution < -0.4 is 19.7 Å². The number of thiophene rings is 1. The Morgan fingerprint density at radius 1 is 0.933 bits per heavy atom. The topological polar surface area (TPSA) is 67.9 Å². The van der Waals surface area contributed by atoms with Crippen LogP contribution in [0.5, 0.6) is 11.5 Å². The van der Waals surface area contributed by atoms with Crippen LogP contribution in [-0.2, 0) is 9.59 Å². The van der Waals surface area contributed by atoms with Crippen molar-refractivity contribution in [1.82, 2.24) is 0 Å². The van der Waals surface area contributed by atoms with Crippen LogP contribution in [0.15, 0.2) is 65.7 Å². The van der Waals surface area contributed by atoms with Crippen LogP contribution in [0, 0.1) is 5.82 Å². The van der Waals surface area contributed by atoms with Crippen LogP contribution in [0.2, 0.25) is 0 Å². The maximum Gasteiger partial charge on any atom is 0.282 e. The molecule has 0 spiro atoms. The largest absolute Gasteiger partial charge is 0.497 e. The van der Waals surface area contributed by atoms with E-state index in [1.54, 1.807) is 41.8 Å². The molecule has 0 radical (unpaired) electrons. The average molecular weight is 424 g/mol. The Kier molecular flexibility index (Phi) is 5.24. The summed E-state index contributed by atoms with van der Waals surface area (Å²) < 4.78 is 24.9. The lowest BCUT2D eigenvalue weighted by atomic mass is 10.1. The van der Waals surface area contributed by atoms with Gasteiger partial charge >= 0.3 is 0 Å². The van der Waals surface area contributed by atoms with Crippen LogP contribution in [-0.4, -0.2) is 26.0 Å². The highest BCUT2D eigenvalue weighted by molar-refractivity contribution is 7.11. The first-order valence-electron chi connectivity index (χ1n) is 8.95. The molecule has 4 rings (SSSR count). The van der Waals surface area contributed by atoms with Gasteiger partial charge in [0.05, 0.1) is 25.5 Å². The average Bonchev–Trinajstić information content (AvgIpc) is 3.35. The van der Waals surface area contributed by atoms with E-state index < -0.39 is 17.6 Å². The molecule has 0 atom stereocenters. The molecule has 8 heteroatoms. The molecule has 152 valence electrons. The zero-order valence-electron chi connectivity index (χ0n) is 16.1. The lowest BCUT2D eigenvalue weighted by Gasteiger charge is -2.16. The fraction of sp³-hybridized carbons (Fsp3) is 0.0909. The SMILES string of the molecule is COc1cc(NC2=C(c3cccs3)C(=O)N(c3ccccc3F)C2=O)cc(OC)c1. The molecule has 1 aromatic heterocycles. The molecular formula is C22H17FN2O4S. The number of carbonyl (C=O) groups excluding carboxylic acids is 2. The number of halogens is 1. The molecule has 0 bridgehead atoms. The third-order valence-corrected chi connectivity index (χ3v) is 5.45. The molecule has 2 amide bonds. The maximum atomic E-state index is 14.4. The zero-order chi connectivity index (χ0) is 21.3. The summed E-state index contributed by atoms with van der Waals surface area (Å²) in [5.41, 5.74) is 0.634. The van der Waals surface area contributed by atoms with Crippen LogP contribution in [0.4, 0.5) is 15.8 Å². The van der Waals surface area contributed by atoms with Gasteiger partial charge in [-0.15, -0.1) is 11.3 Å². The number of hydrogen-bond acceptors (Lipinski definition) is 6. The number of amides is 2. The number of nitrogens with one attached hydrogen (secondary N) is 1. The molecule has 0 fully saturated rings. The third-order valence-electron chi connectivity index (χ3n) is 4.57. The Bertz CT molecular complexity index is 1140. The minimum absolute atomic E-state index is 0.0565. The van der Waals surface area contributed by atoms with Crippen LogP contribution in [0.25, 0.3) is 5.57 Å². The van der Waals surface area contributed by atoms with E-state index in [1.807, 2.05) is 0 Å². The molecular weight excluding hydrogens is 407 g/mol. The van der Waals surface area contributed by atoms with Crippen molar-refractivity contribution in [2.75, 3.05) is 24.4 Å². The van der Waals surface area contributed by atoms with E-state index in [-0.39, 0.29) is 17.0 Å². The number of imide groups is 1. The van der Waals surface area contributed by atoms with Gasteiger partial charge in [0.2, 0.25) is 0 Å². The molecule has 1 aliphatic rings. The van der Waals surface area contributed by atoms with Crippen LogP contribution >= 0.6 is 11.3 Å². The summed E-state index contributed by atoms with van der Waals surface area (Å²) in [5.74, 6) is -0.870. The van der Waals surface area contributed by atoms with Crippen molar-refractivity contribution in [1.29, 1.82) is 0 Å². The van der Waals surface area contributed by atoms with E-state index in [0.29, 0.717) is 22.1 Å². The molecule has 0 unspecified atom stereocenters. The first-order valence-corrected chi connectivity index (χ1v) is 9.83. The zero-order valence-corrected chi connectivity index (χ0v) is 17.0. The summed E-state index contributed by atoms with van der Waals surface area (Å²) in [6.07, 6.45) is 0. The Morgan fingerprint density at radius 2 is 1.63 bits per heavy atom. The number of anilines is 2. The number of ether oxygens (including phenoxy) is 2. The molecule has 2 heterocycles. The fourth-order valence-electron chi connectivity index (χ4n) is 3.17. The first kappa shape index (κ1) is 19.7. The second-order valence-corrected chi connectivity index (χ2v) is 7.30. The third kappa shape index (κ3) is 3.42. The van der Waals surface area contributed by atoms with Crippen molar-refractivity contribution in [2.24, 2.45) is 0 Å². The van der Waals surface area contributed by atoms with Gasteiger partial charge < -0.3 is 14.8 Å². The predicted molar refractivity (Wildman–Crippen MR) is 113 cm³/mol. The van der Waals surface area contributed by atoms with E-state index in [4.69, 9.17) is 9.47 Å². The Morgan fingerprint density at radius 3 is 2.23 bits per heavy atom. The summed E-state index contributed by atoms with van der Waals surface area (Å²) in [7, 11) is 3.03. The van der Waals surface area contributed by atoms with Crippen molar-refractivity contribution in [3.63, 3.8) is 0 Å². The van der Waals surface area contributed by atoms with Gasteiger partial charge in [0.25, 0.3) is 11.8 Å². The monoisotopic (exact) mass is 424 g/mol. The van der Waals surface area contributed by atoms with Crippen molar-refractivity contribution in [2.45, 2.75) is 0 Å². The molecule has 0 saturated carbocycles. The predicted octanol–water partition coefficient (Wildman–Crippen LogP) is 4.30. The van der Waals surface area contributed by atoms with E-state index in [2.05, 4.69) is 5.32 Å². The molecule has 1 N–H and O–H groups in total. The van der Waals surface area contributed by atoms with Gasteiger partial charge in [-0.2, -0.15) is 0 Å². The summed E-state index contributed by atoms with van der Waals surface area (Å²) in [6, 6.07) is 14.2. The Hall–Kier alpha value is -3.65. The number of hydrogen-bond donors (Lipinski definition) is 1. The molecule has 2 aromatic carbocycles. The van der Waals surface area contributed by atoms with Gasteiger partial charge in [-0.05, 0) is 23.6 Å². The second kappa shape index (κ2) is 8.00. The smallest absolute Gasteiger partial charge is 0.282 e. The van der Waals surface area contributed by atoms with Gasteiger partial charge in [-0.25, -0.2) is 9.29 Å². The summed E-state index contributed by atoms with van der Waals surface area (Å²) in [5, 5.41) is 4.82. The highest BCUT2D eigenvalue weighted by Gasteiger charge is 2.41. The van der Waals surface area contributed by atoms with Crippen LogP contribution in [0.3, 0.4) is 0 Å². The van der Waals surface area contributed by atoms with Crippen molar-refractivity contribution in [3.05, 3.63) is 76.4 Å². The lowest BCUT2D eigenvalue weighted by Crippen LogP contribution is -2.33. The minimum atomic E-state index is -0.658. The Labute approximate surface area is 176 Å². The van der Waals surface area contributed by atoms with Crippen molar-refractivity contribution >= 4 is 40.1 Å². The van der Waals surface area contributed by atoms with Gasteiger partial charge in [-0.1, -0.05) is 18.2 Å². The molecule has 0 saturated heterocycles. The quantitative estimate of drug-likeness (QED) is 0.598. The number of benzene rings is 2. The maximum absolute atomic E-state index is 14.4. The van der Waals surface area contributed by atoms with Gasteiger partial charge in [0, 0.05) is 28.8 Å². The lowest BCUT2D eigenvalue weighted by molar-refractivity contribution is -0.120. The number of nitrogens with zero attached hydrogens (tertiary/aromatic N) is 1. The van der Waals surface area contributed by atoms with E-state index in [0.717, 1.165) is 4.90 Å². The number of rotatable bonds is 6. The second-order valence-electron chi connectivity index (χ2n) is 6.35. The van der Waals surface area contributed by atoms with E-state index in [9.17, 15) is 14.0 Å². The first-order chi connectivity index (χ1) is 14.5. The number of para-hydroxylation sites is 1. The molecule has 6 nitrogen and oxygen atoms in total. The molecule has 1 aliphatic heterocycles. The van der Waals surface area contributed by atoms with Gasteiger partial charge in [0.15, 0.2) is 0 Å². The fourth-order valence-corrected chi connectivity index (χ4v) is 3.94. The van der Waals surface area contributed by atoms with Crippen molar-refractivity contribution < 1.29 is 23.5 Å². The number of methoxy groups -OCH3 is 2. The summed E-state index contributed by atoms with van der Waals surface area (Å²) in [4.78, 5) is 27.9. The molecule has 30 heavy (non-hydrogen) atoms. The highest BCUT2D eigenvalue weighted by atomic mass is 32.1. The standard InChI is InChI=1S/C22H17FN2O4S/c1-28-14-10-13(11-15(12-14)29-2)24-20-19(18-8-5-9-30-18)21(26)25(22(20)27)17-7-4-3-6-16(17)23/h3-12,24H,1-2H3. The molecule has 0 aliphatic carbocycles. The van der Waals surface area contributed by atoms with Gasteiger partial charge in [-0.3, -0.25) is 9.59 Å². The Balaban J connectivity index is 1.82. The highest BCUT2D eigenvalue weighted by Crippen LogP contribution is 2.37.